The Kier molecular flexibility index (Phi) is 8.42. The molecule has 0 aliphatic heterocycles. The number of imidazole rings is 1. The molecule has 45 heavy (non-hydrogen) atoms. The summed E-state index contributed by atoms with van der Waals surface area (Å²) < 4.78 is 74.8. The first kappa shape index (κ1) is 31.5. The lowest BCUT2D eigenvalue weighted by atomic mass is 9.81. The molecule has 0 bridgehead atoms. The molecule has 3 aliphatic rings. The van der Waals surface area contributed by atoms with Crippen LogP contribution >= 0.6 is 12.2 Å². The van der Waals surface area contributed by atoms with E-state index < -0.39 is 47.8 Å². The van der Waals surface area contributed by atoms with E-state index in [4.69, 9.17) is 21.7 Å². The van der Waals surface area contributed by atoms with E-state index in [1.807, 2.05) is 0 Å². The fraction of sp³-hybridized carbons (Fsp3) is 0.600. The largest absolute Gasteiger partial charge is 0.392 e. The molecule has 3 aromatic rings. The zero-order valence-corrected chi connectivity index (χ0v) is 25.2. The summed E-state index contributed by atoms with van der Waals surface area (Å²) in [6.07, 6.45) is 2.96. The lowest BCUT2D eigenvalue weighted by Gasteiger charge is -2.33. The highest BCUT2D eigenvalue weighted by molar-refractivity contribution is 7.79. The Labute approximate surface area is 260 Å². The average molecular weight is 653 g/mol. The third-order valence-electron chi connectivity index (χ3n) is 9.26. The molecule has 15 heteroatoms. The molecule has 6 rings (SSSR count). The van der Waals surface area contributed by atoms with Crippen molar-refractivity contribution in [1.29, 1.82) is 0 Å². The molecular formula is C30H33F5N6O3S. The van der Waals surface area contributed by atoms with Gasteiger partial charge in [-0.15, -0.1) is 0 Å². The van der Waals surface area contributed by atoms with Crippen molar-refractivity contribution in [3.8, 4) is 0 Å². The minimum atomic E-state index is -4.59. The molecule has 4 atom stereocenters. The van der Waals surface area contributed by atoms with Crippen molar-refractivity contribution in [2.75, 3.05) is 0 Å². The number of hydrogen-bond donors (Lipinski definition) is 2. The van der Waals surface area contributed by atoms with Crippen molar-refractivity contribution in [2.24, 2.45) is 23.7 Å². The summed E-state index contributed by atoms with van der Waals surface area (Å²) in [6, 6.07) is 0.392. The van der Waals surface area contributed by atoms with Gasteiger partial charge in [0.25, 0.3) is 5.91 Å². The van der Waals surface area contributed by atoms with E-state index in [1.165, 1.54) is 17.0 Å². The van der Waals surface area contributed by atoms with Gasteiger partial charge in [-0.1, -0.05) is 24.3 Å². The molecule has 0 spiro atoms. The smallest absolute Gasteiger partial charge is 0.364 e. The predicted octanol–water partition coefficient (Wildman–Crippen LogP) is 6.27. The van der Waals surface area contributed by atoms with Gasteiger partial charge in [0.1, 0.15) is 11.8 Å². The predicted molar refractivity (Wildman–Crippen MR) is 155 cm³/mol. The Morgan fingerprint density at radius 2 is 1.78 bits per heavy atom. The summed E-state index contributed by atoms with van der Waals surface area (Å²) >= 11 is 4.79. The molecule has 3 saturated carbocycles. The first-order valence-corrected chi connectivity index (χ1v) is 15.6. The average Bonchev–Trinajstić information content (AvgIpc) is 3.92. The number of rotatable bonds is 11. The molecule has 3 aliphatic carbocycles. The normalized spacial score (nSPS) is 21.6. The number of amides is 2. The zero-order valence-electron chi connectivity index (χ0n) is 24.4. The minimum absolute atomic E-state index is 0.0137. The van der Waals surface area contributed by atoms with Crippen LogP contribution in [0.4, 0.5) is 22.0 Å². The van der Waals surface area contributed by atoms with E-state index in [0.717, 1.165) is 38.0 Å². The van der Waals surface area contributed by atoms with Gasteiger partial charge in [-0.3, -0.25) is 9.59 Å². The maximum absolute atomic E-state index is 14.1. The van der Waals surface area contributed by atoms with Gasteiger partial charge in [0, 0.05) is 18.8 Å². The number of halogens is 5. The highest BCUT2D eigenvalue weighted by Gasteiger charge is 2.45. The summed E-state index contributed by atoms with van der Waals surface area (Å²) in [7, 11) is 0. The minimum Gasteiger partial charge on any atom is -0.364 e. The number of hydrogen-bond acceptors (Lipinski definition) is 7. The molecular weight excluding hydrogens is 619 g/mol. The second kappa shape index (κ2) is 12.0. The topological polar surface area (TPSA) is 114 Å². The van der Waals surface area contributed by atoms with E-state index >= 15 is 0 Å². The van der Waals surface area contributed by atoms with Gasteiger partial charge < -0.3 is 15.2 Å². The third-order valence-corrected chi connectivity index (χ3v) is 9.55. The Morgan fingerprint density at radius 3 is 2.40 bits per heavy atom. The zero-order chi connectivity index (χ0) is 32.1. The summed E-state index contributed by atoms with van der Waals surface area (Å²) in [5.41, 5.74) is 2.26. The third kappa shape index (κ3) is 6.87. The number of nitrogens with one attached hydrogen (secondary N) is 2. The maximum atomic E-state index is 14.1. The Morgan fingerprint density at radius 1 is 1.09 bits per heavy atom. The van der Waals surface area contributed by atoms with Crippen LogP contribution in [0.1, 0.15) is 104 Å². The number of aromatic nitrogens is 4. The second-order valence-corrected chi connectivity index (χ2v) is 12.9. The van der Waals surface area contributed by atoms with Crippen molar-refractivity contribution < 1.29 is 36.1 Å². The Balaban J connectivity index is 1.27. The van der Waals surface area contributed by atoms with Crippen LogP contribution in [0, 0.1) is 23.7 Å². The molecule has 242 valence electrons. The van der Waals surface area contributed by atoms with Gasteiger partial charge in [0.15, 0.2) is 5.65 Å². The first-order chi connectivity index (χ1) is 21.3. The van der Waals surface area contributed by atoms with Crippen LogP contribution in [0.5, 0.6) is 0 Å². The number of thiocarbonyl (C=S) groups is 1. The molecule has 3 aromatic heterocycles. The standard InChI is InChI=1S/C30H33F5N6O3S/c1-15(30(33,34)35)21(14-45)28(43)38-24(16-2-3-16)19-10-23-37-22(12-41(23)36-11-19)26(18-6-8-29(31,32)9-7-18)39-27(42)20-13-44-40-25(20)17-4-5-17/h10-18,21,24,26H,2-9H2,1H3,(H,38,43)(H,39,42)/t15-,21?,24+,26-/m0/s1. The van der Waals surface area contributed by atoms with Crippen LogP contribution in [-0.2, 0) is 4.79 Å². The monoisotopic (exact) mass is 652 g/mol. The summed E-state index contributed by atoms with van der Waals surface area (Å²) in [5, 5.41) is 15.0. The molecule has 0 aromatic carbocycles. The highest BCUT2D eigenvalue weighted by Crippen LogP contribution is 2.44. The summed E-state index contributed by atoms with van der Waals surface area (Å²) in [6.45, 7) is 0.928. The molecule has 9 nitrogen and oxygen atoms in total. The van der Waals surface area contributed by atoms with Crippen LogP contribution in [0.15, 0.2) is 29.2 Å². The lowest BCUT2D eigenvalue weighted by molar-refractivity contribution is -0.180. The van der Waals surface area contributed by atoms with Crippen molar-refractivity contribution in [2.45, 2.75) is 88.4 Å². The van der Waals surface area contributed by atoms with Gasteiger partial charge in [0.05, 0.1) is 47.7 Å². The van der Waals surface area contributed by atoms with Crippen molar-refractivity contribution in [3.05, 3.63) is 47.2 Å². The van der Waals surface area contributed by atoms with Crippen LogP contribution in [-0.4, -0.2) is 49.0 Å². The van der Waals surface area contributed by atoms with Crippen molar-refractivity contribution in [1.82, 2.24) is 30.4 Å². The Hall–Kier alpha value is -3.49. The second-order valence-electron chi connectivity index (χ2n) is 12.6. The van der Waals surface area contributed by atoms with Gasteiger partial charge in [-0.25, -0.2) is 18.3 Å². The van der Waals surface area contributed by atoms with Crippen molar-refractivity contribution in [3.63, 3.8) is 0 Å². The summed E-state index contributed by atoms with van der Waals surface area (Å²) in [5.74, 6) is -7.64. The molecule has 3 fully saturated rings. The van der Waals surface area contributed by atoms with E-state index in [2.05, 4.69) is 20.9 Å². The number of carbonyl (C=O) groups is 2. The van der Waals surface area contributed by atoms with Crippen molar-refractivity contribution >= 4 is 35.0 Å². The number of fused-ring (bicyclic) bond motifs is 1. The maximum Gasteiger partial charge on any atom is 0.392 e. The van der Waals surface area contributed by atoms with Crippen LogP contribution in [0.25, 0.3) is 5.65 Å². The number of alkyl halides is 5. The van der Waals surface area contributed by atoms with Gasteiger partial charge >= 0.3 is 6.18 Å². The molecule has 0 saturated heterocycles. The molecule has 2 amide bonds. The van der Waals surface area contributed by atoms with E-state index in [0.29, 0.717) is 28.2 Å². The van der Waals surface area contributed by atoms with E-state index in [-0.39, 0.29) is 43.4 Å². The molecule has 3 heterocycles. The van der Waals surface area contributed by atoms with Gasteiger partial charge in [0.2, 0.25) is 11.8 Å². The summed E-state index contributed by atoms with van der Waals surface area (Å²) in [4.78, 5) is 31.1. The van der Waals surface area contributed by atoms with Gasteiger partial charge in [-0.2, -0.15) is 18.3 Å². The van der Waals surface area contributed by atoms with E-state index in [9.17, 15) is 31.5 Å². The van der Waals surface area contributed by atoms with Gasteiger partial charge in [-0.05, 0) is 67.4 Å². The van der Waals surface area contributed by atoms with Crippen LogP contribution in [0.2, 0.25) is 0 Å². The number of nitrogens with zero attached hydrogens (tertiary/aromatic N) is 4. The first-order valence-electron chi connectivity index (χ1n) is 15.1. The SMILES string of the molecule is C[C@@H](C(C=S)C(=O)N[C@@H](c1cnn2cc([C@@H](NC(=O)c3conc3C3CC3)C3CCC(F)(F)CC3)nc2c1)C1CC1)C(F)(F)F. The highest BCUT2D eigenvalue weighted by atomic mass is 32.1. The molecule has 2 N–H and O–H groups in total. The quantitative estimate of drug-likeness (QED) is 0.185. The lowest BCUT2D eigenvalue weighted by Crippen LogP contribution is -2.42. The fourth-order valence-electron chi connectivity index (χ4n) is 6.11. The fourth-order valence-corrected chi connectivity index (χ4v) is 6.47. The van der Waals surface area contributed by atoms with Crippen LogP contribution in [0.3, 0.4) is 0 Å². The Bertz CT molecular complexity index is 1570. The molecule has 1 unspecified atom stereocenters. The molecule has 0 radical (unpaired) electrons. The van der Waals surface area contributed by atoms with E-state index in [1.54, 1.807) is 12.3 Å². The number of carbonyl (C=O) groups excluding carboxylic acids is 2. The van der Waals surface area contributed by atoms with Crippen LogP contribution < -0.4 is 10.6 Å².